The summed E-state index contributed by atoms with van der Waals surface area (Å²) in [7, 11) is 1.55. The van der Waals surface area contributed by atoms with Crippen LogP contribution in [0.5, 0.6) is 5.88 Å². The molecule has 2 aromatic heterocycles. The van der Waals surface area contributed by atoms with Gasteiger partial charge < -0.3 is 19.5 Å². The highest BCUT2D eigenvalue weighted by atomic mass is 35.5. The minimum Gasteiger partial charge on any atom is -0.479 e. The molecule has 0 aliphatic carbocycles. The molecule has 1 aliphatic heterocycles. The Hall–Kier alpha value is -3.13. The zero-order valence-corrected chi connectivity index (χ0v) is 15.9. The molecule has 1 aromatic carbocycles. The van der Waals surface area contributed by atoms with E-state index in [9.17, 15) is 4.39 Å². The third kappa shape index (κ3) is 3.50. The maximum absolute atomic E-state index is 13.8. The van der Waals surface area contributed by atoms with Crippen molar-refractivity contribution in [2.75, 3.05) is 13.7 Å². The predicted octanol–water partition coefficient (Wildman–Crippen LogP) is 3.40. The SMILES string of the molecule is COc1nc(C2=NOCC(c3ccc(Cl)c(F)c3)N2)ccc1-n1cnc(C)c1. The van der Waals surface area contributed by atoms with E-state index in [-0.39, 0.29) is 17.7 Å². The molecule has 1 aliphatic rings. The molecule has 0 spiro atoms. The van der Waals surface area contributed by atoms with Crippen LogP contribution in [0.15, 0.2) is 48.0 Å². The normalized spacial score (nSPS) is 16.1. The average molecular weight is 402 g/mol. The Morgan fingerprint density at radius 3 is 2.89 bits per heavy atom. The van der Waals surface area contributed by atoms with Crippen LogP contribution < -0.4 is 10.1 Å². The summed E-state index contributed by atoms with van der Waals surface area (Å²) >= 11 is 5.76. The first-order valence-electron chi connectivity index (χ1n) is 8.53. The molecule has 1 N–H and O–H groups in total. The zero-order valence-electron chi connectivity index (χ0n) is 15.2. The quantitative estimate of drug-likeness (QED) is 0.725. The number of ether oxygens (including phenoxy) is 1. The van der Waals surface area contributed by atoms with Crippen LogP contribution in [0, 0.1) is 12.7 Å². The molecule has 7 nitrogen and oxygen atoms in total. The van der Waals surface area contributed by atoms with E-state index in [1.54, 1.807) is 25.6 Å². The molecule has 0 radical (unpaired) electrons. The fourth-order valence-corrected chi connectivity index (χ4v) is 3.02. The van der Waals surface area contributed by atoms with Crippen molar-refractivity contribution >= 4 is 17.4 Å². The van der Waals surface area contributed by atoms with Crippen molar-refractivity contribution in [1.29, 1.82) is 0 Å². The standard InChI is InChI=1S/C19H17ClFN5O2/c1-11-8-26(10-22-11)17-6-5-15(24-19(17)27-2)18-23-16(9-28-25-18)12-3-4-13(20)14(21)7-12/h3-8,10,16H,9H2,1-2H3,(H,23,25). The number of oxime groups is 1. The molecule has 1 unspecified atom stereocenters. The summed E-state index contributed by atoms with van der Waals surface area (Å²) in [6.07, 6.45) is 3.57. The van der Waals surface area contributed by atoms with Crippen molar-refractivity contribution < 1.29 is 14.0 Å². The Labute approximate surface area is 165 Å². The zero-order chi connectivity index (χ0) is 19.7. The van der Waals surface area contributed by atoms with Gasteiger partial charge in [-0.25, -0.2) is 14.4 Å². The largest absolute Gasteiger partial charge is 0.479 e. The van der Waals surface area contributed by atoms with Gasteiger partial charge in [0.15, 0.2) is 5.84 Å². The number of hydrogen-bond acceptors (Lipinski definition) is 6. The number of methoxy groups -OCH3 is 1. The third-order valence-corrected chi connectivity index (χ3v) is 4.63. The molecule has 4 rings (SSSR count). The van der Waals surface area contributed by atoms with Gasteiger partial charge in [-0.05, 0) is 36.8 Å². The molecule has 3 heterocycles. The molecule has 9 heteroatoms. The van der Waals surface area contributed by atoms with E-state index in [0.29, 0.717) is 23.0 Å². The van der Waals surface area contributed by atoms with E-state index < -0.39 is 5.82 Å². The van der Waals surface area contributed by atoms with Crippen molar-refractivity contribution in [2.24, 2.45) is 5.16 Å². The van der Waals surface area contributed by atoms with Gasteiger partial charge in [-0.3, -0.25) is 0 Å². The lowest BCUT2D eigenvalue weighted by molar-refractivity contribution is 0.109. The van der Waals surface area contributed by atoms with Gasteiger partial charge >= 0.3 is 0 Å². The van der Waals surface area contributed by atoms with E-state index in [1.165, 1.54) is 12.1 Å². The van der Waals surface area contributed by atoms with Crippen LogP contribution in [0.4, 0.5) is 4.39 Å². The summed E-state index contributed by atoms with van der Waals surface area (Å²) in [4.78, 5) is 14.1. The number of benzene rings is 1. The van der Waals surface area contributed by atoms with Crippen molar-refractivity contribution in [2.45, 2.75) is 13.0 Å². The fourth-order valence-electron chi connectivity index (χ4n) is 2.90. The van der Waals surface area contributed by atoms with E-state index in [2.05, 4.69) is 20.4 Å². The van der Waals surface area contributed by atoms with Crippen molar-refractivity contribution in [3.05, 3.63) is 70.6 Å². The van der Waals surface area contributed by atoms with Gasteiger partial charge in [0, 0.05) is 6.20 Å². The fraction of sp³-hybridized carbons (Fsp3) is 0.211. The number of aromatic nitrogens is 3. The third-order valence-electron chi connectivity index (χ3n) is 4.32. The van der Waals surface area contributed by atoms with Crippen LogP contribution in [0.25, 0.3) is 5.69 Å². The number of hydrogen-bond donors (Lipinski definition) is 1. The second-order valence-electron chi connectivity index (χ2n) is 6.25. The predicted molar refractivity (Wildman–Crippen MR) is 102 cm³/mol. The van der Waals surface area contributed by atoms with E-state index in [4.69, 9.17) is 21.2 Å². The molecule has 0 fully saturated rings. The lowest BCUT2D eigenvalue weighted by Gasteiger charge is -2.24. The molecule has 0 bridgehead atoms. The number of imidazole rings is 1. The Morgan fingerprint density at radius 1 is 1.32 bits per heavy atom. The van der Waals surface area contributed by atoms with Crippen LogP contribution in [-0.2, 0) is 4.84 Å². The molecule has 0 saturated carbocycles. The summed E-state index contributed by atoms with van der Waals surface area (Å²) in [5.41, 5.74) is 2.87. The Morgan fingerprint density at radius 2 is 2.18 bits per heavy atom. The topological polar surface area (TPSA) is 73.6 Å². The van der Waals surface area contributed by atoms with E-state index >= 15 is 0 Å². The van der Waals surface area contributed by atoms with Gasteiger partial charge in [0.25, 0.3) is 0 Å². The molecular weight excluding hydrogens is 385 g/mol. The van der Waals surface area contributed by atoms with Crippen LogP contribution in [0.2, 0.25) is 5.02 Å². The van der Waals surface area contributed by atoms with Gasteiger partial charge in [-0.15, -0.1) is 0 Å². The van der Waals surface area contributed by atoms with Crippen LogP contribution >= 0.6 is 11.6 Å². The number of nitrogens with zero attached hydrogens (tertiary/aromatic N) is 4. The first kappa shape index (κ1) is 18.2. The number of amidine groups is 1. The summed E-state index contributed by atoms with van der Waals surface area (Å²) < 4.78 is 21.1. The molecule has 144 valence electrons. The van der Waals surface area contributed by atoms with Gasteiger partial charge in [0.1, 0.15) is 23.8 Å². The summed E-state index contributed by atoms with van der Waals surface area (Å²) in [5, 5.41) is 7.35. The van der Waals surface area contributed by atoms with Crippen molar-refractivity contribution in [3.63, 3.8) is 0 Å². The molecule has 1 atom stereocenters. The minimum atomic E-state index is -0.482. The van der Waals surface area contributed by atoms with Crippen molar-refractivity contribution in [1.82, 2.24) is 19.9 Å². The molecular formula is C19H17ClFN5O2. The number of rotatable bonds is 4. The average Bonchev–Trinajstić information content (AvgIpc) is 3.15. The Balaban J connectivity index is 1.61. The first-order chi connectivity index (χ1) is 13.5. The monoisotopic (exact) mass is 401 g/mol. The molecule has 0 saturated heterocycles. The second-order valence-corrected chi connectivity index (χ2v) is 6.66. The van der Waals surface area contributed by atoms with Gasteiger partial charge in [0.2, 0.25) is 5.88 Å². The van der Waals surface area contributed by atoms with E-state index in [1.807, 2.05) is 23.8 Å². The second kappa shape index (κ2) is 7.47. The Kier molecular flexibility index (Phi) is 4.87. The molecule has 3 aromatic rings. The minimum absolute atomic E-state index is 0.0751. The van der Waals surface area contributed by atoms with Gasteiger partial charge in [0.05, 0.1) is 30.2 Å². The Bertz CT molecular complexity index is 1050. The lowest BCUT2D eigenvalue weighted by atomic mass is 10.1. The van der Waals surface area contributed by atoms with Gasteiger partial charge in [-0.1, -0.05) is 22.8 Å². The van der Waals surface area contributed by atoms with Gasteiger partial charge in [-0.2, -0.15) is 0 Å². The lowest BCUT2D eigenvalue weighted by Crippen LogP contribution is -2.36. The summed E-state index contributed by atoms with van der Waals surface area (Å²) in [5.74, 6) is 0.363. The maximum atomic E-state index is 13.8. The number of halogens is 2. The molecule has 0 amide bonds. The molecule has 28 heavy (non-hydrogen) atoms. The number of aryl methyl sites for hydroxylation is 1. The van der Waals surface area contributed by atoms with Crippen molar-refractivity contribution in [3.8, 4) is 11.6 Å². The number of nitrogens with one attached hydrogen (secondary N) is 1. The highest BCUT2D eigenvalue weighted by molar-refractivity contribution is 6.30. The van der Waals surface area contributed by atoms with Crippen LogP contribution in [0.1, 0.15) is 23.0 Å². The van der Waals surface area contributed by atoms with E-state index in [0.717, 1.165) is 11.4 Å². The highest BCUT2D eigenvalue weighted by Gasteiger charge is 2.23. The maximum Gasteiger partial charge on any atom is 0.238 e. The highest BCUT2D eigenvalue weighted by Crippen LogP contribution is 2.25. The van der Waals surface area contributed by atoms with Crippen LogP contribution in [-0.4, -0.2) is 34.1 Å². The summed E-state index contributed by atoms with van der Waals surface area (Å²) in [6.45, 7) is 2.16. The summed E-state index contributed by atoms with van der Waals surface area (Å²) in [6, 6.07) is 8.01. The first-order valence-corrected chi connectivity index (χ1v) is 8.91. The van der Waals surface area contributed by atoms with Crippen LogP contribution in [0.3, 0.4) is 0 Å². The number of pyridine rings is 1. The smallest absolute Gasteiger partial charge is 0.238 e.